The van der Waals surface area contributed by atoms with Crippen LogP contribution in [0.4, 0.5) is 11.4 Å². The van der Waals surface area contributed by atoms with Gasteiger partial charge in [-0.1, -0.05) is 11.6 Å². The molecule has 1 atom stereocenters. The first kappa shape index (κ1) is 13.4. The maximum atomic E-state index is 11.6. The lowest BCUT2D eigenvalue weighted by Crippen LogP contribution is -2.28. The lowest BCUT2D eigenvalue weighted by atomic mass is 10.1. The third kappa shape index (κ3) is 2.27. The molecule has 2 aliphatic rings. The van der Waals surface area contributed by atoms with E-state index in [1.54, 1.807) is 12.1 Å². The Morgan fingerprint density at radius 2 is 2.25 bits per heavy atom. The second-order valence-electron chi connectivity index (χ2n) is 5.15. The van der Waals surface area contributed by atoms with Crippen molar-refractivity contribution in [2.24, 2.45) is 0 Å². The quantitative estimate of drug-likeness (QED) is 0.867. The summed E-state index contributed by atoms with van der Waals surface area (Å²) in [6.07, 6.45) is 2.34. The van der Waals surface area contributed by atoms with Crippen molar-refractivity contribution in [1.29, 1.82) is 0 Å². The van der Waals surface area contributed by atoms with Gasteiger partial charge >= 0.3 is 0 Å². The van der Waals surface area contributed by atoms with Crippen LogP contribution in [-0.4, -0.2) is 38.0 Å². The van der Waals surface area contributed by atoms with Crippen LogP contribution >= 0.6 is 11.6 Å². The summed E-state index contributed by atoms with van der Waals surface area (Å²) in [5.74, 6) is -1.13. The third-order valence-electron chi connectivity index (χ3n) is 3.70. The Kier molecular flexibility index (Phi) is 3.40. The molecule has 1 saturated heterocycles. The highest BCUT2D eigenvalue weighted by molar-refractivity contribution is 6.52. The van der Waals surface area contributed by atoms with E-state index in [0.29, 0.717) is 16.3 Å². The predicted octanol–water partition coefficient (Wildman–Crippen LogP) is 2.09. The van der Waals surface area contributed by atoms with E-state index in [4.69, 9.17) is 16.3 Å². The molecular weight excluding hydrogens is 280 g/mol. The van der Waals surface area contributed by atoms with E-state index in [1.807, 2.05) is 11.9 Å². The zero-order chi connectivity index (χ0) is 14.3. The van der Waals surface area contributed by atoms with Crippen LogP contribution in [0.3, 0.4) is 0 Å². The number of ether oxygens (including phenoxy) is 1. The van der Waals surface area contributed by atoms with Gasteiger partial charge in [0, 0.05) is 20.2 Å². The number of amides is 1. The van der Waals surface area contributed by atoms with Crippen LogP contribution < -0.4 is 10.2 Å². The van der Waals surface area contributed by atoms with Crippen molar-refractivity contribution in [3.63, 3.8) is 0 Å². The number of Topliss-reactive ketones (excluding diaryl/α,β-unsaturated/α-hetero) is 1. The number of fused-ring (bicyclic) bond motifs is 1. The fraction of sp³-hybridized carbons (Fsp3) is 0.429. The molecule has 106 valence electrons. The number of nitrogens with one attached hydrogen (secondary N) is 1. The molecule has 0 aromatic heterocycles. The summed E-state index contributed by atoms with van der Waals surface area (Å²) in [5.41, 5.74) is 1.66. The number of likely N-dealkylation sites (N-methyl/N-ethyl adjacent to an activating group) is 1. The zero-order valence-electron chi connectivity index (χ0n) is 11.1. The molecular formula is C14H15ClN2O3. The largest absolute Gasteiger partial charge is 0.376 e. The van der Waals surface area contributed by atoms with Crippen molar-refractivity contribution in [1.82, 2.24) is 0 Å². The number of nitrogens with zero attached hydrogens (tertiary/aromatic N) is 1. The normalized spacial score (nSPS) is 21.0. The smallest absolute Gasteiger partial charge is 0.296 e. The second-order valence-corrected chi connectivity index (χ2v) is 5.56. The Labute approximate surface area is 121 Å². The Morgan fingerprint density at radius 1 is 1.45 bits per heavy atom. The monoisotopic (exact) mass is 294 g/mol. The highest BCUT2D eigenvalue weighted by Gasteiger charge is 2.30. The number of rotatable bonds is 3. The van der Waals surface area contributed by atoms with Crippen LogP contribution in [0.2, 0.25) is 5.02 Å². The Hall–Kier alpha value is -1.59. The van der Waals surface area contributed by atoms with E-state index in [0.717, 1.165) is 31.7 Å². The van der Waals surface area contributed by atoms with Crippen LogP contribution in [0.15, 0.2) is 12.1 Å². The minimum absolute atomic E-state index is 0.209. The molecule has 1 N–H and O–H groups in total. The molecule has 2 aliphatic heterocycles. The van der Waals surface area contributed by atoms with E-state index >= 15 is 0 Å². The molecule has 3 rings (SSSR count). The lowest BCUT2D eigenvalue weighted by Gasteiger charge is -2.24. The number of carbonyl (C=O) groups is 2. The standard InChI is InChI=1S/C14H15ClN2O3/c1-17(7-8-3-2-4-20-8)12-6-11-9(5-10(12)15)13(18)14(19)16-11/h5-6,8H,2-4,7H2,1H3,(H,16,18,19). The molecule has 0 aliphatic carbocycles. The number of anilines is 2. The Balaban J connectivity index is 1.85. The fourth-order valence-electron chi connectivity index (χ4n) is 2.64. The topological polar surface area (TPSA) is 58.6 Å². The zero-order valence-corrected chi connectivity index (χ0v) is 11.9. The van der Waals surface area contributed by atoms with Gasteiger partial charge in [-0.05, 0) is 25.0 Å². The third-order valence-corrected chi connectivity index (χ3v) is 4.00. The van der Waals surface area contributed by atoms with E-state index in [1.165, 1.54) is 0 Å². The SMILES string of the molecule is CN(CC1CCCO1)c1cc2c(cc1Cl)C(=O)C(=O)N2. The van der Waals surface area contributed by atoms with Crippen molar-refractivity contribution in [2.75, 3.05) is 30.4 Å². The highest BCUT2D eigenvalue weighted by atomic mass is 35.5. The van der Waals surface area contributed by atoms with Crippen molar-refractivity contribution in [3.8, 4) is 0 Å². The molecule has 1 fully saturated rings. The van der Waals surface area contributed by atoms with Crippen molar-refractivity contribution >= 4 is 34.7 Å². The summed E-state index contributed by atoms with van der Waals surface area (Å²) < 4.78 is 5.60. The van der Waals surface area contributed by atoms with Gasteiger partial charge in [0.2, 0.25) is 0 Å². The summed E-state index contributed by atoms with van der Waals surface area (Å²) in [6.45, 7) is 1.54. The van der Waals surface area contributed by atoms with Gasteiger partial charge in [-0.2, -0.15) is 0 Å². The molecule has 0 bridgehead atoms. The van der Waals surface area contributed by atoms with Gasteiger partial charge in [0.25, 0.3) is 11.7 Å². The summed E-state index contributed by atoms with van der Waals surface area (Å²) in [7, 11) is 1.92. The fourth-order valence-corrected chi connectivity index (χ4v) is 2.95. The molecule has 5 nitrogen and oxygen atoms in total. The van der Waals surface area contributed by atoms with Gasteiger partial charge in [-0.15, -0.1) is 0 Å². The van der Waals surface area contributed by atoms with Crippen LogP contribution in [0.1, 0.15) is 23.2 Å². The first-order valence-corrected chi connectivity index (χ1v) is 6.96. The van der Waals surface area contributed by atoms with Crippen molar-refractivity contribution in [3.05, 3.63) is 22.7 Å². The molecule has 1 amide bonds. The average Bonchev–Trinajstić information content (AvgIpc) is 3.00. The summed E-state index contributed by atoms with van der Waals surface area (Å²) >= 11 is 6.23. The second kappa shape index (κ2) is 5.07. The molecule has 1 unspecified atom stereocenters. The molecule has 1 aromatic carbocycles. The maximum Gasteiger partial charge on any atom is 0.296 e. The van der Waals surface area contributed by atoms with E-state index in [-0.39, 0.29) is 6.10 Å². The van der Waals surface area contributed by atoms with Crippen LogP contribution in [0.5, 0.6) is 0 Å². The first-order chi connectivity index (χ1) is 9.56. The molecule has 20 heavy (non-hydrogen) atoms. The van der Waals surface area contributed by atoms with E-state index in [2.05, 4.69) is 5.32 Å². The van der Waals surface area contributed by atoms with E-state index < -0.39 is 11.7 Å². The van der Waals surface area contributed by atoms with Gasteiger partial charge in [0.1, 0.15) is 0 Å². The van der Waals surface area contributed by atoms with Crippen LogP contribution in [0, 0.1) is 0 Å². The highest BCUT2D eigenvalue weighted by Crippen LogP contribution is 2.35. The number of benzene rings is 1. The lowest BCUT2D eigenvalue weighted by molar-refractivity contribution is -0.112. The predicted molar refractivity (Wildman–Crippen MR) is 76.7 cm³/mol. The summed E-state index contributed by atoms with van der Waals surface area (Å²) in [6, 6.07) is 3.30. The van der Waals surface area contributed by atoms with Gasteiger partial charge < -0.3 is 15.0 Å². The van der Waals surface area contributed by atoms with Crippen molar-refractivity contribution < 1.29 is 14.3 Å². The molecule has 6 heteroatoms. The van der Waals surface area contributed by atoms with Crippen LogP contribution in [-0.2, 0) is 9.53 Å². The number of halogens is 1. The maximum absolute atomic E-state index is 11.6. The molecule has 1 aromatic rings. The Morgan fingerprint density at radius 3 is 2.95 bits per heavy atom. The molecule has 0 radical (unpaired) electrons. The van der Waals surface area contributed by atoms with Gasteiger partial charge in [-0.3, -0.25) is 9.59 Å². The summed E-state index contributed by atoms with van der Waals surface area (Å²) in [5, 5.41) is 3.02. The number of ketones is 1. The number of carbonyl (C=O) groups excluding carboxylic acids is 2. The average molecular weight is 295 g/mol. The molecule has 0 spiro atoms. The first-order valence-electron chi connectivity index (χ1n) is 6.58. The number of hydrogen-bond acceptors (Lipinski definition) is 4. The summed E-state index contributed by atoms with van der Waals surface area (Å²) in [4.78, 5) is 25.0. The van der Waals surface area contributed by atoms with Gasteiger partial charge in [-0.25, -0.2) is 0 Å². The van der Waals surface area contributed by atoms with Gasteiger partial charge in [0.05, 0.1) is 28.1 Å². The molecule has 2 heterocycles. The number of hydrogen-bond donors (Lipinski definition) is 1. The van der Waals surface area contributed by atoms with Gasteiger partial charge in [0.15, 0.2) is 0 Å². The minimum atomic E-state index is -0.602. The van der Waals surface area contributed by atoms with E-state index in [9.17, 15) is 9.59 Å². The van der Waals surface area contributed by atoms with Crippen molar-refractivity contribution in [2.45, 2.75) is 18.9 Å². The van der Waals surface area contributed by atoms with Crippen LogP contribution in [0.25, 0.3) is 0 Å². The minimum Gasteiger partial charge on any atom is -0.376 e. The Bertz CT molecular complexity index is 582. The molecule has 0 saturated carbocycles.